The van der Waals surface area contributed by atoms with Gasteiger partial charge in [0.05, 0.1) is 4.47 Å². The summed E-state index contributed by atoms with van der Waals surface area (Å²) < 4.78 is 29.3. The summed E-state index contributed by atoms with van der Waals surface area (Å²) >= 11 is 5.33. The number of halogens is 4. The van der Waals surface area contributed by atoms with Gasteiger partial charge in [0.2, 0.25) is 0 Å². The highest BCUT2D eigenvalue weighted by Crippen LogP contribution is 2.28. The molecule has 0 amide bonds. The van der Waals surface area contributed by atoms with Crippen molar-refractivity contribution >= 4 is 38.5 Å². The molecule has 0 saturated heterocycles. The van der Waals surface area contributed by atoms with Crippen molar-refractivity contribution < 1.29 is 8.78 Å². The lowest BCUT2D eigenvalue weighted by Gasteiger charge is -2.19. The van der Waals surface area contributed by atoms with Crippen LogP contribution in [-0.4, -0.2) is 7.05 Å². The summed E-state index contributed by atoms with van der Waals surface area (Å²) in [7, 11) is 1.79. The average molecular weight is 452 g/mol. The van der Waals surface area contributed by atoms with Crippen molar-refractivity contribution in [2.45, 2.75) is 12.5 Å². The van der Waals surface area contributed by atoms with Gasteiger partial charge in [-0.05, 0) is 75.8 Å². The van der Waals surface area contributed by atoms with Crippen LogP contribution in [0.15, 0.2) is 40.9 Å². The fourth-order valence-corrected chi connectivity index (χ4v) is 3.22. The van der Waals surface area contributed by atoms with Gasteiger partial charge in [0.25, 0.3) is 0 Å². The summed E-state index contributed by atoms with van der Waals surface area (Å²) in [5.74, 6) is -1.05. The van der Waals surface area contributed by atoms with Crippen LogP contribution in [0, 0.1) is 15.2 Å². The van der Waals surface area contributed by atoms with Crippen LogP contribution in [0.5, 0.6) is 0 Å². The molecule has 1 N–H and O–H groups in total. The molecule has 1 atom stereocenters. The van der Waals surface area contributed by atoms with Crippen LogP contribution in [0.2, 0.25) is 0 Å². The molecule has 0 bridgehead atoms. The van der Waals surface area contributed by atoms with E-state index in [0.29, 0.717) is 0 Å². The SMILES string of the molecule is CNC(Cc1c(F)ccc(Br)c1F)c1ccccc1I. The molecular formula is C15H13BrF2IN. The summed E-state index contributed by atoms with van der Waals surface area (Å²) in [5, 5.41) is 3.13. The Bertz CT molecular complexity index is 619. The number of likely N-dealkylation sites (N-methyl/N-ethyl adjacent to an activating group) is 1. The lowest BCUT2D eigenvalue weighted by atomic mass is 9.98. The number of hydrogen-bond donors (Lipinski definition) is 1. The molecule has 20 heavy (non-hydrogen) atoms. The second kappa shape index (κ2) is 6.95. The Morgan fingerprint density at radius 1 is 1.20 bits per heavy atom. The largest absolute Gasteiger partial charge is 0.313 e. The summed E-state index contributed by atoms with van der Waals surface area (Å²) in [6, 6.07) is 10.3. The number of hydrogen-bond acceptors (Lipinski definition) is 1. The van der Waals surface area contributed by atoms with Crippen molar-refractivity contribution in [2.75, 3.05) is 7.05 Å². The van der Waals surface area contributed by atoms with Gasteiger partial charge >= 0.3 is 0 Å². The zero-order valence-corrected chi connectivity index (χ0v) is 14.5. The predicted octanol–water partition coefficient (Wildman–Crippen LogP) is 4.84. The molecule has 0 radical (unpaired) electrons. The van der Waals surface area contributed by atoms with Crippen LogP contribution in [0.1, 0.15) is 17.2 Å². The Balaban J connectivity index is 2.37. The van der Waals surface area contributed by atoms with Crippen LogP contribution >= 0.6 is 38.5 Å². The van der Waals surface area contributed by atoms with Crippen LogP contribution in [-0.2, 0) is 6.42 Å². The summed E-state index contributed by atoms with van der Waals surface area (Å²) in [4.78, 5) is 0. The molecule has 2 aromatic carbocycles. The molecule has 0 spiro atoms. The molecule has 0 aliphatic rings. The molecule has 0 aliphatic carbocycles. The Kier molecular flexibility index (Phi) is 5.51. The van der Waals surface area contributed by atoms with Crippen LogP contribution < -0.4 is 5.32 Å². The third-order valence-corrected chi connectivity index (χ3v) is 4.77. The molecule has 1 unspecified atom stereocenters. The molecule has 0 aliphatic heterocycles. The number of benzene rings is 2. The maximum atomic E-state index is 14.1. The smallest absolute Gasteiger partial charge is 0.143 e. The summed E-state index contributed by atoms with van der Waals surface area (Å²) in [5.41, 5.74) is 1.13. The second-order valence-corrected chi connectivity index (χ2v) is 6.41. The summed E-state index contributed by atoms with van der Waals surface area (Å²) in [6.45, 7) is 0. The average Bonchev–Trinajstić information content (AvgIpc) is 2.45. The van der Waals surface area contributed by atoms with E-state index in [1.54, 1.807) is 7.05 Å². The molecule has 0 saturated carbocycles. The van der Waals surface area contributed by atoms with Gasteiger partial charge in [0.1, 0.15) is 11.6 Å². The molecule has 0 fully saturated rings. The molecule has 2 rings (SSSR count). The van der Waals surface area contributed by atoms with Crippen LogP contribution in [0.4, 0.5) is 8.78 Å². The Morgan fingerprint density at radius 3 is 2.55 bits per heavy atom. The second-order valence-electron chi connectivity index (χ2n) is 4.39. The standard InChI is InChI=1S/C15H13BrF2IN/c1-20-14(9-4-2-3-5-13(9)19)8-10-12(17)7-6-11(16)15(10)18/h2-7,14,20H,8H2,1H3. The van der Waals surface area contributed by atoms with E-state index in [2.05, 4.69) is 43.8 Å². The fraction of sp³-hybridized carbons (Fsp3) is 0.200. The molecule has 0 aromatic heterocycles. The van der Waals surface area contributed by atoms with Crippen molar-refractivity contribution in [1.29, 1.82) is 0 Å². The fourth-order valence-electron chi connectivity index (χ4n) is 2.09. The zero-order valence-electron chi connectivity index (χ0n) is 10.8. The van der Waals surface area contributed by atoms with Gasteiger partial charge in [0, 0.05) is 15.2 Å². The maximum Gasteiger partial charge on any atom is 0.143 e. The van der Waals surface area contributed by atoms with E-state index < -0.39 is 11.6 Å². The first-order chi connectivity index (χ1) is 9.54. The van der Waals surface area contributed by atoms with E-state index in [1.165, 1.54) is 12.1 Å². The third kappa shape index (κ3) is 3.38. The van der Waals surface area contributed by atoms with Gasteiger partial charge in [-0.3, -0.25) is 0 Å². The van der Waals surface area contributed by atoms with E-state index in [-0.39, 0.29) is 22.5 Å². The quantitative estimate of drug-likeness (QED) is 0.518. The van der Waals surface area contributed by atoms with E-state index in [4.69, 9.17) is 0 Å². The monoisotopic (exact) mass is 451 g/mol. The molecule has 1 nitrogen and oxygen atoms in total. The predicted molar refractivity (Wildman–Crippen MR) is 88.7 cm³/mol. The Morgan fingerprint density at radius 2 is 1.90 bits per heavy atom. The maximum absolute atomic E-state index is 14.1. The Labute approximate surface area is 139 Å². The van der Waals surface area contributed by atoms with Crippen LogP contribution in [0.25, 0.3) is 0 Å². The Hall–Kier alpha value is -0.530. The van der Waals surface area contributed by atoms with Gasteiger partial charge in [-0.15, -0.1) is 0 Å². The molecule has 2 aromatic rings. The minimum atomic E-state index is -0.531. The molecular weight excluding hydrogens is 439 g/mol. The first-order valence-corrected chi connectivity index (χ1v) is 7.95. The normalized spacial score (nSPS) is 12.4. The topological polar surface area (TPSA) is 12.0 Å². The molecule has 0 heterocycles. The van der Waals surface area contributed by atoms with Crippen LogP contribution in [0.3, 0.4) is 0 Å². The third-order valence-electron chi connectivity index (χ3n) is 3.18. The zero-order chi connectivity index (χ0) is 14.7. The lowest BCUT2D eigenvalue weighted by molar-refractivity contribution is 0.512. The number of rotatable bonds is 4. The van der Waals surface area contributed by atoms with Crippen molar-refractivity contribution in [3.63, 3.8) is 0 Å². The van der Waals surface area contributed by atoms with Crippen molar-refractivity contribution in [1.82, 2.24) is 5.32 Å². The van der Waals surface area contributed by atoms with Gasteiger partial charge in [-0.1, -0.05) is 18.2 Å². The minimum Gasteiger partial charge on any atom is -0.313 e. The molecule has 106 valence electrons. The van der Waals surface area contributed by atoms with E-state index >= 15 is 0 Å². The first-order valence-electron chi connectivity index (χ1n) is 6.08. The first kappa shape index (κ1) is 15.9. The highest BCUT2D eigenvalue weighted by Gasteiger charge is 2.19. The summed E-state index contributed by atoms with van der Waals surface area (Å²) in [6.07, 6.45) is 0.258. The molecule has 5 heteroatoms. The lowest BCUT2D eigenvalue weighted by Crippen LogP contribution is -2.21. The van der Waals surface area contributed by atoms with Gasteiger partial charge in [-0.2, -0.15) is 0 Å². The minimum absolute atomic E-state index is 0.0957. The highest BCUT2D eigenvalue weighted by molar-refractivity contribution is 14.1. The van der Waals surface area contributed by atoms with E-state index in [0.717, 1.165) is 9.13 Å². The highest BCUT2D eigenvalue weighted by atomic mass is 127. The van der Waals surface area contributed by atoms with Crippen molar-refractivity contribution in [2.24, 2.45) is 0 Å². The van der Waals surface area contributed by atoms with Crippen molar-refractivity contribution in [3.8, 4) is 0 Å². The number of nitrogens with one attached hydrogen (secondary N) is 1. The van der Waals surface area contributed by atoms with E-state index in [1.807, 2.05) is 24.3 Å². The van der Waals surface area contributed by atoms with Gasteiger partial charge in [0.15, 0.2) is 0 Å². The van der Waals surface area contributed by atoms with Gasteiger partial charge in [-0.25, -0.2) is 8.78 Å². The van der Waals surface area contributed by atoms with E-state index in [9.17, 15) is 8.78 Å². The van der Waals surface area contributed by atoms with Gasteiger partial charge < -0.3 is 5.32 Å². The van der Waals surface area contributed by atoms with Crippen molar-refractivity contribution in [3.05, 3.63) is 67.2 Å².